The average Bonchev–Trinajstić information content (AvgIpc) is 2.65. The van der Waals surface area contributed by atoms with Crippen molar-refractivity contribution in [2.75, 3.05) is 0 Å². The summed E-state index contributed by atoms with van der Waals surface area (Å²) in [5.74, 6) is -1.76. The average molecular weight is 342 g/mol. The van der Waals surface area contributed by atoms with E-state index in [1.54, 1.807) is 60.7 Å². The quantitative estimate of drug-likeness (QED) is 0.701. The fourth-order valence-corrected chi connectivity index (χ4v) is 1.61. The van der Waals surface area contributed by atoms with Crippen LogP contribution in [-0.2, 0) is 0 Å². The van der Waals surface area contributed by atoms with E-state index in [0.717, 1.165) is 0 Å². The zero-order chi connectivity index (χ0) is 18.9. The summed E-state index contributed by atoms with van der Waals surface area (Å²) in [6.45, 7) is 4.35. The lowest BCUT2D eigenvalue weighted by atomic mass is 10.2. The maximum atomic E-state index is 10.2. The van der Waals surface area contributed by atoms with Crippen LogP contribution < -0.4 is 0 Å². The molecule has 0 saturated carbocycles. The largest absolute Gasteiger partial charge is 0.478 e. The molecule has 0 saturated heterocycles. The number of rotatable bonds is 5. The van der Waals surface area contributed by atoms with Crippen LogP contribution in [0.5, 0.6) is 0 Å². The molecule has 2 aromatic carbocycles. The van der Waals surface area contributed by atoms with Crippen molar-refractivity contribution in [3.63, 3.8) is 0 Å². The molecule has 0 aliphatic rings. The fourth-order valence-electron chi connectivity index (χ4n) is 1.61. The maximum absolute atomic E-state index is 10.2. The molecule has 4 heteroatoms. The van der Waals surface area contributed by atoms with Crippen LogP contribution in [0, 0.1) is 0 Å². The van der Waals surface area contributed by atoms with E-state index in [-0.39, 0.29) is 0 Å². The van der Waals surface area contributed by atoms with Crippen molar-refractivity contribution >= 4 is 11.9 Å². The van der Waals surface area contributed by atoms with Crippen molar-refractivity contribution in [1.29, 1.82) is 0 Å². The van der Waals surface area contributed by atoms with E-state index in [1.807, 2.05) is 0 Å². The number of aromatic carboxylic acids is 2. The highest BCUT2D eigenvalue weighted by Gasteiger charge is 1.97. The first-order valence-electron chi connectivity index (χ1n) is 8.24. The lowest BCUT2D eigenvalue weighted by Gasteiger charge is -1.88. The molecule has 0 aliphatic heterocycles. The van der Waals surface area contributed by atoms with Crippen LogP contribution in [0.2, 0.25) is 0 Å². The van der Waals surface area contributed by atoms with E-state index in [1.165, 1.54) is 19.3 Å². The monoisotopic (exact) mass is 342 g/mol. The Balaban J connectivity index is 0.000000350. The second kappa shape index (κ2) is 14.7. The van der Waals surface area contributed by atoms with Gasteiger partial charge >= 0.3 is 11.9 Å². The second-order valence-corrected chi connectivity index (χ2v) is 5.01. The molecule has 0 amide bonds. The van der Waals surface area contributed by atoms with Crippen molar-refractivity contribution in [2.45, 2.75) is 33.1 Å². The van der Waals surface area contributed by atoms with Gasteiger partial charge in [-0.05, 0) is 37.1 Å². The molecule has 0 radical (unpaired) electrons. The van der Waals surface area contributed by atoms with Crippen LogP contribution in [0.1, 0.15) is 53.8 Å². The van der Waals surface area contributed by atoms with Crippen molar-refractivity contribution in [3.05, 3.63) is 83.9 Å². The van der Waals surface area contributed by atoms with Gasteiger partial charge in [0, 0.05) is 0 Å². The summed E-state index contributed by atoms with van der Waals surface area (Å²) in [4.78, 5) is 20.4. The number of carbonyl (C=O) groups is 2. The molecule has 0 bridgehead atoms. The van der Waals surface area contributed by atoms with E-state index >= 15 is 0 Å². The minimum absolute atomic E-state index is 0.331. The van der Waals surface area contributed by atoms with E-state index in [2.05, 4.69) is 26.0 Å². The molecule has 0 atom stereocenters. The predicted molar refractivity (Wildman–Crippen MR) is 101 cm³/mol. The summed E-state index contributed by atoms with van der Waals surface area (Å²) in [5.41, 5.74) is 0.662. The summed E-state index contributed by atoms with van der Waals surface area (Å²) >= 11 is 0. The van der Waals surface area contributed by atoms with Gasteiger partial charge in [-0.1, -0.05) is 68.8 Å². The first-order chi connectivity index (χ1) is 12.0. The van der Waals surface area contributed by atoms with E-state index < -0.39 is 11.9 Å². The number of carboxylic acids is 2. The van der Waals surface area contributed by atoms with Crippen LogP contribution in [0.3, 0.4) is 0 Å². The molecule has 0 heterocycles. The van der Waals surface area contributed by atoms with Gasteiger partial charge in [-0.3, -0.25) is 0 Å². The van der Waals surface area contributed by atoms with Gasteiger partial charge in [0.1, 0.15) is 0 Å². The molecule has 2 N–H and O–H groups in total. The van der Waals surface area contributed by atoms with Gasteiger partial charge < -0.3 is 10.2 Å². The minimum Gasteiger partial charge on any atom is -0.478 e. The summed E-state index contributed by atoms with van der Waals surface area (Å²) in [7, 11) is 0. The number of hydrogen-bond donors (Lipinski definition) is 2. The first kappa shape index (κ1) is 22.1. The zero-order valence-corrected chi connectivity index (χ0v) is 14.8. The van der Waals surface area contributed by atoms with E-state index in [0.29, 0.717) is 11.1 Å². The SMILES string of the molecule is CCC=CCCC.O=C(O)c1ccccc1.O=C(O)c1ccccc1. The number of allylic oxidation sites excluding steroid dienone is 2. The van der Waals surface area contributed by atoms with Gasteiger partial charge in [0.25, 0.3) is 0 Å². The number of benzene rings is 2. The van der Waals surface area contributed by atoms with Crippen molar-refractivity contribution < 1.29 is 19.8 Å². The Labute approximate surface area is 149 Å². The third-order valence-corrected chi connectivity index (χ3v) is 2.90. The molecule has 25 heavy (non-hydrogen) atoms. The third kappa shape index (κ3) is 12.2. The lowest BCUT2D eigenvalue weighted by Crippen LogP contribution is -1.93. The number of carboxylic acid groups (broad SMARTS) is 2. The molecular formula is C21H26O4. The molecule has 0 aromatic heterocycles. The van der Waals surface area contributed by atoms with Gasteiger partial charge in [-0.15, -0.1) is 0 Å². The number of unbranched alkanes of at least 4 members (excludes halogenated alkanes) is 1. The van der Waals surface area contributed by atoms with Crippen molar-refractivity contribution in [1.82, 2.24) is 0 Å². The first-order valence-corrected chi connectivity index (χ1v) is 8.24. The van der Waals surface area contributed by atoms with Crippen LogP contribution in [-0.4, -0.2) is 22.2 Å². The third-order valence-electron chi connectivity index (χ3n) is 2.90. The molecule has 4 nitrogen and oxygen atoms in total. The molecule has 2 rings (SSSR count). The second-order valence-electron chi connectivity index (χ2n) is 5.01. The molecule has 2 aromatic rings. The van der Waals surface area contributed by atoms with Gasteiger partial charge in [0.2, 0.25) is 0 Å². The van der Waals surface area contributed by atoms with Crippen LogP contribution in [0.25, 0.3) is 0 Å². The fraction of sp³-hybridized carbons (Fsp3) is 0.238. The van der Waals surface area contributed by atoms with Crippen LogP contribution >= 0.6 is 0 Å². The Morgan fingerprint density at radius 2 is 1.16 bits per heavy atom. The molecule has 134 valence electrons. The normalized spacial score (nSPS) is 9.36. The highest BCUT2D eigenvalue weighted by atomic mass is 16.4. The Kier molecular flexibility index (Phi) is 13.0. The van der Waals surface area contributed by atoms with E-state index in [4.69, 9.17) is 10.2 Å². The molecule has 0 fully saturated rings. The molecule has 0 unspecified atom stereocenters. The van der Waals surface area contributed by atoms with Gasteiger partial charge in [0.15, 0.2) is 0 Å². The van der Waals surface area contributed by atoms with Crippen LogP contribution in [0.15, 0.2) is 72.8 Å². The van der Waals surface area contributed by atoms with E-state index in [9.17, 15) is 9.59 Å². The van der Waals surface area contributed by atoms with Gasteiger partial charge in [-0.2, -0.15) is 0 Å². The summed E-state index contributed by atoms with van der Waals surface area (Å²) in [6, 6.07) is 16.6. The predicted octanol–water partition coefficient (Wildman–Crippen LogP) is 5.52. The topological polar surface area (TPSA) is 74.6 Å². The van der Waals surface area contributed by atoms with Crippen molar-refractivity contribution in [2.24, 2.45) is 0 Å². The molecular weight excluding hydrogens is 316 g/mol. The Hall–Kier alpha value is -2.88. The molecule has 0 spiro atoms. The Morgan fingerprint density at radius 3 is 1.40 bits per heavy atom. The van der Waals surface area contributed by atoms with Crippen LogP contribution in [0.4, 0.5) is 0 Å². The van der Waals surface area contributed by atoms with Crippen molar-refractivity contribution in [3.8, 4) is 0 Å². The standard InChI is InChI=1S/2C7H6O2.C7H14/c2*8-7(9)6-4-2-1-3-5-6;1-3-5-7-6-4-2/h2*1-5H,(H,8,9);5,7H,3-4,6H2,1-2H3. The summed E-state index contributed by atoms with van der Waals surface area (Å²) in [6.07, 6.45) is 8.15. The Morgan fingerprint density at radius 1 is 0.760 bits per heavy atom. The summed E-state index contributed by atoms with van der Waals surface area (Å²) in [5, 5.41) is 16.8. The highest BCUT2D eigenvalue weighted by Crippen LogP contribution is 1.96. The Bertz CT molecular complexity index is 569. The summed E-state index contributed by atoms with van der Waals surface area (Å²) < 4.78 is 0. The molecule has 0 aliphatic carbocycles. The minimum atomic E-state index is -0.879. The van der Waals surface area contributed by atoms with Gasteiger partial charge in [-0.25, -0.2) is 9.59 Å². The van der Waals surface area contributed by atoms with Gasteiger partial charge in [0.05, 0.1) is 11.1 Å². The smallest absolute Gasteiger partial charge is 0.335 e. The zero-order valence-electron chi connectivity index (χ0n) is 14.8. The lowest BCUT2D eigenvalue weighted by molar-refractivity contribution is 0.0686. The highest BCUT2D eigenvalue weighted by molar-refractivity contribution is 5.87. The maximum Gasteiger partial charge on any atom is 0.335 e. The number of hydrogen-bond acceptors (Lipinski definition) is 2.